The first-order chi connectivity index (χ1) is 11.0. The van der Waals surface area contributed by atoms with Crippen molar-refractivity contribution in [3.8, 4) is 11.5 Å². The maximum absolute atomic E-state index is 12.7. The van der Waals surface area contributed by atoms with Crippen molar-refractivity contribution in [1.82, 2.24) is 5.32 Å². The van der Waals surface area contributed by atoms with Crippen molar-refractivity contribution < 1.29 is 18.7 Å². The Balaban J connectivity index is 1.64. The number of amides is 1. The molecule has 0 bridgehead atoms. The Bertz CT molecular complexity index is 661. The highest BCUT2D eigenvalue weighted by Crippen LogP contribution is 2.21. The van der Waals surface area contributed by atoms with Crippen LogP contribution in [0.4, 0.5) is 4.39 Å². The van der Waals surface area contributed by atoms with Gasteiger partial charge in [0.25, 0.3) is 5.91 Å². The van der Waals surface area contributed by atoms with Crippen molar-refractivity contribution in [2.45, 2.75) is 6.92 Å². The Hall–Kier alpha value is -2.27. The molecule has 0 aliphatic rings. The lowest BCUT2D eigenvalue weighted by molar-refractivity contribution is -0.123. The zero-order valence-corrected chi connectivity index (χ0v) is 13.4. The Morgan fingerprint density at radius 1 is 1.13 bits per heavy atom. The first-order valence-corrected chi connectivity index (χ1v) is 7.46. The highest BCUT2D eigenvalue weighted by atomic mass is 35.5. The molecule has 23 heavy (non-hydrogen) atoms. The average molecular weight is 338 g/mol. The van der Waals surface area contributed by atoms with Crippen LogP contribution in [0.5, 0.6) is 11.5 Å². The number of rotatable bonds is 7. The standard InChI is InChI=1S/C17H17ClFNO3/c1-12-2-5-15(10-16(12)18)22-9-8-20-17(21)11-23-14-6-3-13(19)4-7-14/h2-7,10H,8-9,11H2,1H3,(H,20,21). The fraction of sp³-hybridized carbons (Fsp3) is 0.235. The van der Waals surface area contributed by atoms with Gasteiger partial charge in [0.05, 0.1) is 6.54 Å². The average Bonchev–Trinajstić information content (AvgIpc) is 2.54. The van der Waals surface area contributed by atoms with Crippen molar-refractivity contribution in [2.24, 2.45) is 0 Å². The normalized spacial score (nSPS) is 10.2. The molecule has 0 saturated heterocycles. The largest absolute Gasteiger partial charge is 0.492 e. The number of aryl methyl sites for hydroxylation is 1. The molecule has 1 N–H and O–H groups in total. The molecule has 0 aromatic heterocycles. The van der Waals surface area contributed by atoms with Gasteiger partial charge in [0.1, 0.15) is 23.9 Å². The molecule has 2 rings (SSSR count). The second-order valence-electron chi connectivity index (χ2n) is 4.85. The van der Waals surface area contributed by atoms with Crippen LogP contribution in [0.2, 0.25) is 5.02 Å². The highest BCUT2D eigenvalue weighted by Gasteiger charge is 2.03. The molecule has 0 atom stereocenters. The monoisotopic (exact) mass is 337 g/mol. The molecule has 0 radical (unpaired) electrons. The minimum atomic E-state index is -0.352. The van der Waals surface area contributed by atoms with Crippen LogP contribution in [0.3, 0.4) is 0 Å². The zero-order chi connectivity index (χ0) is 16.7. The van der Waals surface area contributed by atoms with Crippen LogP contribution in [0.25, 0.3) is 0 Å². The Kier molecular flexibility index (Phi) is 6.23. The molecule has 1 amide bonds. The second-order valence-corrected chi connectivity index (χ2v) is 5.26. The van der Waals surface area contributed by atoms with E-state index < -0.39 is 0 Å². The van der Waals surface area contributed by atoms with Crippen LogP contribution in [-0.2, 0) is 4.79 Å². The van der Waals surface area contributed by atoms with Gasteiger partial charge in [0.15, 0.2) is 6.61 Å². The summed E-state index contributed by atoms with van der Waals surface area (Å²) < 4.78 is 23.4. The van der Waals surface area contributed by atoms with E-state index >= 15 is 0 Å². The van der Waals surface area contributed by atoms with E-state index in [-0.39, 0.29) is 18.3 Å². The fourth-order valence-corrected chi connectivity index (χ4v) is 1.92. The summed E-state index contributed by atoms with van der Waals surface area (Å²) in [6.07, 6.45) is 0. The number of nitrogens with one attached hydrogen (secondary N) is 1. The molecule has 6 heteroatoms. The smallest absolute Gasteiger partial charge is 0.258 e. The molecular formula is C17H17ClFNO3. The first-order valence-electron chi connectivity index (χ1n) is 7.08. The molecule has 0 saturated carbocycles. The SMILES string of the molecule is Cc1ccc(OCCNC(=O)COc2ccc(F)cc2)cc1Cl. The van der Waals surface area contributed by atoms with Crippen LogP contribution in [0, 0.1) is 12.7 Å². The number of hydrogen-bond acceptors (Lipinski definition) is 3. The van der Waals surface area contributed by atoms with Gasteiger partial charge in [-0.25, -0.2) is 4.39 Å². The predicted octanol–water partition coefficient (Wildman–Crippen LogP) is 3.36. The van der Waals surface area contributed by atoms with Gasteiger partial charge < -0.3 is 14.8 Å². The Morgan fingerprint density at radius 2 is 1.83 bits per heavy atom. The van der Waals surface area contributed by atoms with Crippen molar-refractivity contribution >= 4 is 17.5 Å². The summed E-state index contributed by atoms with van der Waals surface area (Å²) in [5, 5.41) is 3.30. The minimum Gasteiger partial charge on any atom is -0.492 e. The van der Waals surface area contributed by atoms with Crippen LogP contribution in [-0.4, -0.2) is 25.7 Å². The maximum atomic E-state index is 12.7. The van der Waals surface area contributed by atoms with Gasteiger partial charge >= 0.3 is 0 Å². The first kappa shape index (κ1) is 17.1. The molecule has 4 nitrogen and oxygen atoms in total. The maximum Gasteiger partial charge on any atom is 0.258 e. The topological polar surface area (TPSA) is 47.6 Å². The highest BCUT2D eigenvalue weighted by molar-refractivity contribution is 6.31. The van der Waals surface area contributed by atoms with Gasteiger partial charge in [-0.05, 0) is 48.9 Å². The van der Waals surface area contributed by atoms with E-state index in [1.54, 1.807) is 6.07 Å². The van der Waals surface area contributed by atoms with Gasteiger partial charge in [-0.2, -0.15) is 0 Å². The third kappa shape index (κ3) is 5.79. The summed E-state index contributed by atoms with van der Waals surface area (Å²) in [7, 11) is 0. The van der Waals surface area contributed by atoms with Crippen molar-refractivity contribution in [3.63, 3.8) is 0 Å². The number of carbonyl (C=O) groups excluding carboxylic acids is 1. The second kappa shape index (κ2) is 8.39. The summed E-state index contributed by atoms with van der Waals surface area (Å²) in [6, 6.07) is 10.9. The van der Waals surface area contributed by atoms with Crippen molar-refractivity contribution in [2.75, 3.05) is 19.8 Å². The number of benzene rings is 2. The summed E-state index contributed by atoms with van der Waals surface area (Å²) in [5.74, 6) is 0.458. The molecule has 0 aliphatic carbocycles. The van der Waals surface area contributed by atoms with E-state index in [0.717, 1.165) is 5.56 Å². The van der Waals surface area contributed by atoms with E-state index in [2.05, 4.69) is 5.32 Å². The zero-order valence-electron chi connectivity index (χ0n) is 12.6. The summed E-state index contributed by atoms with van der Waals surface area (Å²) in [4.78, 5) is 11.6. The molecule has 0 spiro atoms. The summed E-state index contributed by atoms with van der Waals surface area (Å²) >= 11 is 6.00. The van der Waals surface area contributed by atoms with E-state index in [4.69, 9.17) is 21.1 Å². The van der Waals surface area contributed by atoms with Gasteiger partial charge in [0, 0.05) is 5.02 Å². The van der Waals surface area contributed by atoms with Crippen molar-refractivity contribution in [3.05, 3.63) is 58.9 Å². The Morgan fingerprint density at radius 3 is 2.52 bits per heavy atom. The third-order valence-corrected chi connectivity index (χ3v) is 3.43. The van der Waals surface area contributed by atoms with Gasteiger partial charge in [-0.1, -0.05) is 17.7 Å². The van der Waals surface area contributed by atoms with E-state index in [1.165, 1.54) is 24.3 Å². The number of hydrogen-bond donors (Lipinski definition) is 1. The number of carbonyl (C=O) groups is 1. The van der Waals surface area contributed by atoms with E-state index in [9.17, 15) is 9.18 Å². The van der Waals surface area contributed by atoms with Gasteiger partial charge in [0.2, 0.25) is 0 Å². The summed E-state index contributed by atoms with van der Waals surface area (Å²) in [6.45, 7) is 2.44. The van der Waals surface area contributed by atoms with Crippen LogP contribution in [0.15, 0.2) is 42.5 Å². The van der Waals surface area contributed by atoms with Crippen LogP contribution < -0.4 is 14.8 Å². The molecule has 2 aromatic carbocycles. The summed E-state index contributed by atoms with van der Waals surface area (Å²) in [5.41, 5.74) is 0.977. The number of halogens is 2. The predicted molar refractivity (Wildman–Crippen MR) is 86.6 cm³/mol. The van der Waals surface area contributed by atoms with Gasteiger partial charge in [-0.15, -0.1) is 0 Å². The van der Waals surface area contributed by atoms with E-state index in [1.807, 2.05) is 19.1 Å². The van der Waals surface area contributed by atoms with E-state index in [0.29, 0.717) is 29.7 Å². The molecule has 0 heterocycles. The third-order valence-electron chi connectivity index (χ3n) is 3.02. The van der Waals surface area contributed by atoms with Crippen LogP contribution >= 0.6 is 11.6 Å². The quantitative estimate of drug-likeness (QED) is 0.788. The molecule has 122 valence electrons. The lowest BCUT2D eigenvalue weighted by atomic mass is 10.2. The lowest BCUT2D eigenvalue weighted by Gasteiger charge is -2.09. The van der Waals surface area contributed by atoms with Crippen molar-refractivity contribution in [1.29, 1.82) is 0 Å². The molecule has 0 fully saturated rings. The Labute approximate surface area is 139 Å². The molecule has 0 aliphatic heterocycles. The van der Waals surface area contributed by atoms with Gasteiger partial charge in [-0.3, -0.25) is 4.79 Å². The molecule has 0 unspecified atom stereocenters. The number of ether oxygens (including phenoxy) is 2. The molecule has 2 aromatic rings. The fourth-order valence-electron chi connectivity index (χ4n) is 1.75. The molecular weight excluding hydrogens is 321 g/mol. The minimum absolute atomic E-state index is 0.137. The van der Waals surface area contributed by atoms with Crippen LogP contribution in [0.1, 0.15) is 5.56 Å². The lowest BCUT2D eigenvalue weighted by Crippen LogP contribution is -2.32.